The zero-order chi connectivity index (χ0) is 13.2. The summed E-state index contributed by atoms with van der Waals surface area (Å²) in [7, 11) is 0. The third-order valence-electron chi connectivity index (χ3n) is 4.38. The second-order valence-electron chi connectivity index (χ2n) is 5.82. The van der Waals surface area contributed by atoms with E-state index < -0.39 is 0 Å². The Morgan fingerprint density at radius 3 is 2.68 bits per heavy atom. The van der Waals surface area contributed by atoms with E-state index in [1.807, 2.05) is 0 Å². The lowest BCUT2D eigenvalue weighted by molar-refractivity contribution is -0.127. The average molecular weight is 258 g/mol. The van der Waals surface area contributed by atoms with Gasteiger partial charge in [0.2, 0.25) is 5.91 Å². The highest BCUT2D eigenvalue weighted by atomic mass is 16.2. The molecule has 1 aromatic rings. The van der Waals surface area contributed by atoms with Crippen LogP contribution in [0.15, 0.2) is 18.2 Å². The molecule has 0 bridgehead atoms. The molecule has 3 heteroatoms. The van der Waals surface area contributed by atoms with Gasteiger partial charge in [0.05, 0.1) is 12.0 Å². The molecule has 102 valence electrons. The number of benzene rings is 1. The van der Waals surface area contributed by atoms with Gasteiger partial charge in [-0.1, -0.05) is 18.2 Å². The first kappa shape index (κ1) is 12.7. The first-order valence-corrected chi connectivity index (χ1v) is 7.37. The van der Waals surface area contributed by atoms with Crippen molar-refractivity contribution in [3.63, 3.8) is 0 Å². The van der Waals surface area contributed by atoms with Crippen molar-refractivity contribution in [2.75, 3.05) is 13.1 Å². The highest BCUT2D eigenvalue weighted by Gasteiger charge is 2.26. The maximum Gasteiger partial charge on any atom is 0.226 e. The Labute approximate surface area is 114 Å². The predicted octanol–water partition coefficient (Wildman–Crippen LogP) is 1.96. The Morgan fingerprint density at radius 1 is 1.26 bits per heavy atom. The minimum Gasteiger partial charge on any atom is -0.349 e. The van der Waals surface area contributed by atoms with E-state index in [9.17, 15) is 4.79 Å². The summed E-state index contributed by atoms with van der Waals surface area (Å²) in [5.41, 5.74) is 4.22. The van der Waals surface area contributed by atoms with Crippen molar-refractivity contribution in [2.24, 2.45) is 5.92 Å². The zero-order valence-electron chi connectivity index (χ0n) is 11.5. The van der Waals surface area contributed by atoms with Gasteiger partial charge in [-0.2, -0.15) is 0 Å². The largest absolute Gasteiger partial charge is 0.349 e. The molecular weight excluding hydrogens is 236 g/mol. The monoisotopic (exact) mass is 258 g/mol. The van der Waals surface area contributed by atoms with Crippen LogP contribution in [0.2, 0.25) is 0 Å². The molecule has 1 unspecified atom stereocenters. The average Bonchev–Trinajstić information content (AvgIpc) is 2.36. The van der Waals surface area contributed by atoms with E-state index in [1.54, 1.807) is 0 Å². The number of aryl methyl sites for hydroxylation is 2. The SMILES string of the molecule is CC(NC(=O)C1CNC1)c1ccc2c(c1)CCCC2. The van der Waals surface area contributed by atoms with Crippen LogP contribution in [0.25, 0.3) is 0 Å². The Bertz CT molecular complexity index is 480. The fraction of sp³-hybridized carbons (Fsp3) is 0.562. The van der Waals surface area contributed by atoms with Gasteiger partial charge in [-0.15, -0.1) is 0 Å². The molecule has 1 aliphatic heterocycles. The van der Waals surface area contributed by atoms with Crippen molar-refractivity contribution in [1.82, 2.24) is 10.6 Å². The minimum absolute atomic E-state index is 0.111. The zero-order valence-corrected chi connectivity index (χ0v) is 11.5. The maximum atomic E-state index is 11.9. The van der Waals surface area contributed by atoms with E-state index in [4.69, 9.17) is 0 Å². The molecule has 1 saturated heterocycles. The summed E-state index contributed by atoms with van der Waals surface area (Å²) in [5.74, 6) is 0.351. The van der Waals surface area contributed by atoms with E-state index >= 15 is 0 Å². The number of hydrogen-bond donors (Lipinski definition) is 2. The van der Waals surface area contributed by atoms with Gasteiger partial charge in [0, 0.05) is 13.1 Å². The summed E-state index contributed by atoms with van der Waals surface area (Å²) in [5, 5.41) is 6.26. The molecule has 0 radical (unpaired) electrons. The lowest BCUT2D eigenvalue weighted by Gasteiger charge is -2.28. The van der Waals surface area contributed by atoms with Gasteiger partial charge in [-0.3, -0.25) is 4.79 Å². The van der Waals surface area contributed by atoms with Crippen LogP contribution < -0.4 is 10.6 Å². The number of nitrogens with one attached hydrogen (secondary N) is 2. The smallest absolute Gasteiger partial charge is 0.226 e. The molecule has 1 atom stereocenters. The molecule has 0 saturated carbocycles. The van der Waals surface area contributed by atoms with Gasteiger partial charge < -0.3 is 10.6 Å². The lowest BCUT2D eigenvalue weighted by Crippen LogP contribution is -2.51. The van der Waals surface area contributed by atoms with Crippen molar-refractivity contribution in [2.45, 2.75) is 38.6 Å². The number of amides is 1. The summed E-state index contributed by atoms with van der Waals surface area (Å²) in [6.07, 6.45) is 5.01. The standard InChI is InChI=1S/C16H22N2O/c1-11(18-16(19)15-9-17-10-15)13-7-6-12-4-2-3-5-14(12)8-13/h6-8,11,15,17H,2-5,9-10H2,1H3,(H,18,19). The van der Waals surface area contributed by atoms with Gasteiger partial charge in [0.15, 0.2) is 0 Å². The molecule has 2 N–H and O–H groups in total. The Kier molecular flexibility index (Phi) is 3.56. The van der Waals surface area contributed by atoms with E-state index in [0.29, 0.717) is 0 Å². The first-order valence-electron chi connectivity index (χ1n) is 7.37. The Balaban J connectivity index is 1.68. The van der Waals surface area contributed by atoms with Crippen molar-refractivity contribution < 1.29 is 4.79 Å². The number of rotatable bonds is 3. The van der Waals surface area contributed by atoms with Crippen molar-refractivity contribution >= 4 is 5.91 Å². The van der Waals surface area contributed by atoms with Crippen LogP contribution >= 0.6 is 0 Å². The second-order valence-corrected chi connectivity index (χ2v) is 5.82. The minimum atomic E-state index is 0.111. The predicted molar refractivity (Wildman–Crippen MR) is 76.0 cm³/mol. The second kappa shape index (κ2) is 5.33. The third-order valence-corrected chi connectivity index (χ3v) is 4.38. The van der Waals surface area contributed by atoms with E-state index in [0.717, 1.165) is 13.1 Å². The van der Waals surface area contributed by atoms with Gasteiger partial charge in [-0.05, 0) is 49.3 Å². The topological polar surface area (TPSA) is 41.1 Å². The highest BCUT2D eigenvalue weighted by Crippen LogP contribution is 2.25. The van der Waals surface area contributed by atoms with Gasteiger partial charge in [-0.25, -0.2) is 0 Å². The quantitative estimate of drug-likeness (QED) is 0.870. The Morgan fingerprint density at radius 2 is 2.00 bits per heavy atom. The summed E-state index contributed by atoms with van der Waals surface area (Å²) in [6.45, 7) is 3.72. The highest BCUT2D eigenvalue weighted by molar-refractivity contribution is 5.80. The number of hydrogen-bond acceptors (Lipinski definition) is 2. The fourth-order valence-corrected chi connectivity index (χ4v) is 2.91. The summed E-state index contributed by atoms with van der Waals surface area (Å²) >= 11 is 0. The van der Waals surface area contributed by atoms with Crippen LogP contribution in [-0.4, -0.2) is 19.0 Å². The molecule has 1 heterocycles. The molecule has 3 nitrogen and oxygen atoms in total. The molecule has 1 aromatic carbocycles. The molecule has 1 amide bonds. The summed E-state index contributed by atoms with van der Waals surface area (Å²) in [4.78, 5) is 11.9. The van der Waals surface area contributed by atoms with E-state index in [1.165, 1.54) is 42.4 Å². The van der Waals surface area contributed by atoms with Crippen LogP contribution in [0.5, 0.6) is 0 Å². The Hall–Kier alpha value is -1.35. The van der Waals surface area contributed by atoms with Gasteiger partial charge >= 0.3 is 0 Å². The molecule has 1 fully saturated rings. The van der Waals surface area contributed by atoms with Crippen molar-refractivity contribution in [1.29, 1.82) is 0 Å². The van der Waals surface area contributed by atoms with Crippen LogP contribution in [-0.2, 0) is 17.6 Å². The summed E-state index contributed by atoms with van der Waals surface area (Å²) in [6, 6.07) is 6.82. The first-order chi connectivity index (χ1) is 9.24. The lowest BCUT2D eigenvalue weighted by atomic mass is 9.89. The van der Waals surface area contributed by atoms with E-state index in [2.05, 4.69) is 35.8 Å². The number of fused-ring (bicyclic) bond motifs is 1. The molecule has 19 heavy (non-hydrogen) atoms. The molecule has 2 aliphatic rings. The van der Waals surface area contributed by atoms with Gasteiger partial charge in [0.25, 0.3) is 0 Å². The van der Waals surface area contributed by atoms with Gasteiger partial charge in [0.1, 0.15) is 0 Å². The molecule has 3 rings (SSSR count). The molecular formula is C16H22N2O. The number of carbonyl (C=O) groups excluding carboxylic acids is 1. The third kappa shape index (κ3) is 2.66. The fourth-order valence-electron chi connectivity index (χ4n) is 2.91. The van der Waals surface area contributed by atoms with Crippen LogP contribution in [0.4, 0.5) is 0 Å². The number of carbonyl (C=O) groups is 1. The molecule has 0 aromatic heterocycles. The van der Waals surface area contributed by atoms with Crippen LogP contribution in [0.1, 0.15) is 42.5 Å². The maximum absolute atomic E-state index is 11.9. The molecule has 1 aliphatic carbocycles. The van der Waals surface area contributed by atoms with Crippen LogP contribution in [0.3, 0.4) is 0 Å². The molecule has 0 spiro atoms. The summed E-state index contributed by atoms with van der Waals surface area (Å²) < 4.78 is 0. The van der Waals surface area contributed by atoms with Crippen molar-refractivity contribution in [3.8, 4) is 0 Å². The van der Waals surface area contributed by atoms with Crippen LogP contribution in [0, 0.1) is 5.92 Å². The normalized spacial score (nSPS) is 20.3. The van der Waals surface area contributed by atoms with Crippen molar-refractivity contribution in [3.05, 3.63) is 34.9 Å². The van der Waals surface area contributed by atoms with E-state index in [-0.39, 0.29) is 17.9 Å².